The molecule has 2 aliphatic rings. The number of hydrogen-bond acceptors (Lipinski definition) is 5. The van der Waals surface area contributed by atoms with Crippen molar-refractivity contribution in [3.05, 3.63) is 48.8 Å². The van der Waals surface area contributed by atoms with Gasteiger partial charge >= 0.3 is 0 Å². The van der Waals surface area contributed by atoms with Crippen LogP contribution in [0.15, 0.2) is 53.7 Å². The van der Waals surface area contributed by atoms with Gasteiger partial charge in [-0.2, -0.15) is 0 Å². The molecule has 7 nitrogen and oxygen atoms in total. The highest BCUT2D eigenvalue weighted by atomic mass is 32.2. The molecule has 2 aromatic rings. The van der Waals surface area contributed by atoms with Crippen molar-refractivity contribution in [3.8, 4) is 0 Å². The van der Waals surface area contributed by atoms with Gasteiger partial charge < -0.3 is 10.2 Å². The maximum atomic E-state index is 12.5. The van der Waals surface area contributed by atoms with E-state index in [0.29, 0.717) is 13.0 Å². The standard InChI is InChI=1S/C16H16N4O3S/c21-16-15-8-11(19-24(22,23)12-4-3-7-17-9-12)10-20(15)14-6-2-1-5-13(14)18-16/h1-7,9,11,15,19H,8,10H2,(H,18,21)/t11-,15-/m1/s1. The number of carbonyl (C=O) groups excluding carboxylic acids is 1. The zero-order valence-electron chi connectivity index (χ0n) is 12.7. The number of aromatic nitrogens is 1. The van der Waals surface area contributed by atoms with Crippen LogP contribution in [-0.2, 0) is 14.8 Å². The summed E-state index contributed by atoms with van der Waals surface area (Å²) < 4.78 is 27.6. The molecule has 1 aromatic heterocycles. The van der Waals surface area contributed by atoms with E-state index in [2.05, 4.69) is 15.0 Å². The van der Waals surface area contributed by atoms with E-state index in [1.165, 1.54) is 18.5 Å². The number of pyridine rings is 1. The minimum atomic E-state index is -3.65. The Morgan fingerprint density at radius 1 is 1.21 bits per heavy atom. The van der Waals surface area contributed by atoms with Crippen molar-refractivity contribution in [2.24, 2.45) is 0 Å². The van der Waals surface area contributed by atoms with Crippen molar-refractivity contribution in [2.45, 2.75) is 23.4 Å². The molecule has 0 spiro atoms. The van der Waals surface area contributed by atoms with Crippen molar-refractivity contribution < 1.29 is 13.2 Å². The normalized spacial score (nSPS) is 22.7. The average molecular weight is 344 g/mol. The summed E-state index contributed by atoms with van der Waals surface area (Å²) in [7, 11) is -3.65. The van der Waals surface area contributed by atoms with Crippen LogP contribution in [0.5, 0.6) is 0 Å². The molecular weight excluding hydrogens is 328 g/mol. The van der Waals surface area contributed by atoms with Gasteiger partial charge in [-0.25, -0.2) is 13.1 Å². The van der Waals surface area contributed by atoms with Crippen molar-refractivity contribution >= 4 is 27.3 Å². The van der Waals surface area contributed by atoms with Crippen LogP contribution in [0.3, 0.4) is 0 Å². The van der Waals surface area contributed by atoms with Crippen LogP contribution in [0.1, 0.15) is 6.42 Å². The van der Waals surface area contributed by atoms with E-state index < -0.39 is 10.0 Å². The highest BCUT2D eigenvalue weighted by Crippen LogP contribution is 2.36. The highest BCUT2D eigenvalue weighted by Gasteiger charge is 2.42. The van der Waals surface area contributed by atoms with Crippen molar-refractivity contribution in [3.63, 3.8) is 0 Å². The first-order valence-corrected chi connectivity index (χ1v) is 9.12. The zero-order chi connectivity index (χ0) is 16.7. The monoisotopic (exact) mass is 344 g/mol. The van der Waals surface area contributed by atoms with Crippen molar-refractivity contribution in [1.82, 2.24) is 9.71 Å². The lowest BCUT2D eigenvalue weighted by Gasteiger charge is -2.32. The van der Waals surface area contributed by atoms with E-state index in [4.69, 9.17) is 0 Å². The molecule has 0 aliphatic carbocycles. The fourth-order valence-corrected chi connectivity index (χ4v) is 4.48. The number of benzene rings is 1. The first-order valence-electron chi connectivity index (χ1n) is 7.63. The second kappa shape index (κ2) is 5.57. The van der Waals surface area contributed by atoms with Crippen LogP contribution in [0.2, 0.25) is 0 Å². The molecule has 24 heavy (non-hydrogen) atoms. The van der Waals surface area contributed by atoms with Crippen LogP contribution in [-0.4, -0.2) is 37.9 Å². The van der Waals surface area contributed by atoms with Gasteiger partial charge in [0.25, 0.3) is 0 Å². The van der Waals surface area contributed by atoms with Crippen LogP contribution in [0, 0.1) is 0 Å². The summed E-state index contributed by atoms with van der Waals surface area (Å²) in [5.41, 5.74) is 1.68. The molecule has 124 valence electrons. The average Bonchev–Trinajstić information content (AvgIpc) is 3.00. The van der Waals surface area contributed by atoms with E-state index >= 15 is 0 Å². The third-order valence-electron chi connectivity index (χ3n) is 4.34. The number of nitrogens with zero attached hydrogens (tertiary/aromatic N) is 2. The van der Waals surface area contributed by atoms with E-state index in [1.807, 2.05) is 29.2 Å². The first-order chi connectivity index (χ1) is 11.5. The molecule has 0 radical (unpaired) electrons. The lowest BCUT2D eigenvalue weighted by atomic mass is 10.1. The predicted molar refractivity (Wildman–Crippen MR) is 89.2 cm³/mol. The van der Waals surface area contributed by atoms with Crippen LogP contribution in [0.4, 0.5) is 11.4 Å². The number of amides is 1. The summed E-state index contributed by atoms with van der Waals surface area (Å²) in [4.78, 5) is 18.2. The Labute approximate surface area is 139 Å². The molecule has 4 rings (SSSR count). The van der Waals surface area contributed by atoms with Gasteiger partial charge in [-0.3, -0.25) is 9.78 Å². The summed E-state index contributed by atoms with van der Waals surface area (Å²) in [5.74, 6) is -0.100. The van der Waals surface area contributed by atoms with Gasteiger partial charge in [0, 0.05) is 25.0 Å². The number of sulfonamides is 1. The molecule has 2 aliphatic heterocycles. The van der Waals surface area contributed by atoms with E-state index in [0.717, 1.165) is 11.4 Å². The molecule has 3 heterocycles. The molecule has 2 N–H and O–H groups in total. The topological polar surface area (TPSA) is 91.4 Å². The Bertz CT molecular complexity index is 885. The number of para-hydroxylation sites is 2. The van der Waals surface area contributed by atoms with E-state index in [9.17, 15) is 13.2 Å². The maximum Gasteiger partial charge on any atom is 0.247 e. The van der Waals surface area contributed by atoms with Gasteiger partial charge in [-0.1, -0.05) is 12.1 Å². The minimum Gasteiger partial charge on any atom is -0.356 e. The molecule has 1 fully saturated rings. The summed E-state index contributed by atoms with van der Waals surface area (Å²) in [6.45, 7) is 0.453. The van der Waals surface area contributed by atoms with Gasteiger partial charge in [0.2, 0.25) is 15.9 Å². The van der Waals surface area contributed by atoms with Crippen LogP contribution >= 0.6 is 0 Å². The van der Waals surface area contributed by atoms with E-state index in [-0.39, 0.29) is 22.9 Å². The number of hydrogen-bond donors (Lipinski definition) is 2. The smallest absolute Gasteiger partial charge is 0.247 e. The molecule has 2 atom stereocenters. The molecule has 0 bridgehead atoms. The van der Waals surface area contributed by atoms with Gasteiger partial charge in [0.05, 0.1) is 11.4 Å². The van der Waals surface area contributed by atoms with Gasteiger partial charge in [0.1, 0.15) is 10.9 Å². The largest absolute Gasteiger partial charge is 0.356 e. The quantitative estimate of drug-likeness (QED) is 0.865. The Morgan fingerprint density at radius 2 is 2.04 bits per heavy atom. The fourth-order valence-electron chi connectivity index (χ4n) is 3.28. The molecule has 1 saturated heterocycles. The van der Waals surface area contributed by atoms with Gasteiger partial charge in [-0.05, 0) is 30.7 Å². The number of nitrogens with one attached hydrogen (secondary N) is 2. The number of carbonyl (C=O) groups is 1. The van der Waals surface area contributed by atoms with Crippen LogP contribution < -0.4 is 14.9 Å². The van der Waals surface area contributed by atoms with Crippen LogP contribution in [0.25, 0.3) is 0 Å². The summed E-state index contributed by atoms with van der Waals surface area (Å²) >= 11 is 0. The Morgan fingerprint density at radius 3 is 2.83 bits per heavy atom. The lowest BCUT2D eigenvalue weighted by Crippen LogP contribution is -2.44. The van der Waals surface area contributed by atoms with Crippen molar-refractivity contribution in [2.75, 3.05) is 16.8 Å². The van der Waals surface area contributed by atoms with E-state index in [1.54, 1.807) is 6.07 Å². The lowest BCUT2D eigenvalue weighted by molar-refractivity contribution is -0.117. The van der Waals surface area contributed by atoms with Crippen molar-refractivity contribution in [1.29, 1.82) is 0 Å². The molecule has 1 amide bonds. The third kappa shape index (κ3) is 2.53. The zero-order valence-corrected chi connectivity index (χ0v) is 13.5. The number of fused-ring (bicyclic) bond motifs is 3. The number of anilines is 2. The van der Waals surface area contributed by atoms with Gasteiger partial charge in [-0.15, -0.1) is 0 Å². The summed E-state index contributed by atoms with van der Waals surface area (Å²) in [6.07, 6.45) is 3.27. The molecular formula is C16H16N4O3S. The second-order valence-electron chi connectivity index (χ2n) is 5.92. The Hall–Kier alpha value is -2.45. The maximum absolute atomic E-state index is 12.5. The predicted octanol–water partition coefficient (Wildman–Crippen LogP) is 0.959. The first kappa shape index (κ1) is 15.1. The SMILES string of the molecule is O=C1Nc2ccccc2N2C[C@H](NS(=O)(=O)c3cccnc3)C[C@H]12. The molecule has 0 unspecified atom stereocenters. The molecule has 8 heteroatoms. The third-order valence-corrected chi connectivity index (χ3v) is 5.85. The summed E-state index contributed by atoms with van der Waals surface area (Å²) in [5, 5.41) is 2.88. The Balaban J connectivity index is 1.58. The summed E-state index contributed by atoms with van der Waals surface area (Å²) in [6, 6.07) is 9.92. The van der Waals surface area contributed by atoms with Gasteiger partial charge in [0.15, 0.2) is 0 Å². The minimum absolute atomic E-state index is 0.100. The molecule has 1 aromatic carbocycles. The second-order valence-corrected chi connectivity index (χ2v) is 7.63. The molecule has 0 saturated carbocycles. The fraction of sp³-hybridized carbons (Fsp3) is 0.250. The Kier molecular flexibility index (Phi) is 3.50. The number of rotatable bonds is 3. The highest BCUT2D eigenvalue weighted by molar-refractivity contribution is 7.89.